The van der Waals surface area contributed by atoms with Gasteiger partial charge in [0.05, 0.1) is 6.54 Å². The van der Waals surface area contributed by atoms with E-state index in [1.54, 1.807) is 31.2 Å². The topological polar surface area (TPSA) is 106 Å². The Morgan fingerprint density at radius 1 is 1.24 bits per heavy atom. The molecule has 0 saturated heterocycles. The van der Waals surface area contributed by atoms with Crippen molar-refractivity contribution in [1.82, 2.24) is 39.2 Å². The fourth-order valence-electron chi connectivity index (χ4n) is 2.54. The summed E-state index contributed by atoms with van der Waals surface area (Å²) >= 11 is 0. The second-order valence-electron chi connectivity index (χ2n) is 5.53. The van der Waals surface area contributed by atoms with Gasteiger partial charge in [0, 0.05) is 32.7 Å². The lowest BCUT2D eigenvalue weighted by molar-refractivity contribution is 0.219. The van der Waals surface area contributed by atoms with Gasteiger partial charge >= 0.3 is 6.03 Å². The third kappa shape index (κ3) is 2.63. The highest BCUT2D eigenvalue weighted by atomic mass is 16.2. The van der Waals surface area contributed by atoms with Gasteiger partial charge in [-0.25, -0.2) is 19.4 Å². The van der Waals surface area contributed by atoms with Crippen LogP contribution >= 0.6 is 0 Å². The number of anilines is 1. The molecular weight excluding hydrogens is 322 g/mol. The normalized spacial score (nSPS) is 11.1. The zero-order valence-corrected chi connectivity index (χ0v) is 13.7. The average Bonchev–Trinajstić information content (AvgIpc) is 3.17. The molecule has 0 spiro atoms. The van der Waals surface area contributed by atoms with Gasteiger partial charge in [-0.05, 0) is 12.1 Å². The van der Waals surface area contributed by atoms with Gasteiger partial charge < -0.3 is 4.90 Å². The zero-order chi connectivity index (χ0) is 17.4. The molecule has 0 aromatic carbocycles. The highest BCUT2D eigenvalue weighted by Crippen LogP contribution is 2.17. The maximum atomic E-state index is 12.5. The summed E-state index contributed by atoms with van der Waals surface area (Å²) in [7, 11) is 3.43. The molecule has 25 heavy (non-hydrogen) atoms. The van der Waals surface area contributed by atoms with Gasteiger partial charge in [-0.15, -0.1) is 10.2 Å². The number of urea groups is 1. The molecule has 4 heterocycles. The summed E-state index contributed by atoms with van der Waals surface area (Å²) in [6.45, 7) is 0.299. The molecule has 0 radical (unpaired) electrons. The van der Waals surface area contributed by atoms with E-state index in [4.69, 9.17) is 0 Å². The van der Waals surface area contributed by atoms with Gasteiger partial charge in [-0.2, -0.15) is 5.10 Å². The summed E-state index contributed by atoms with van der Waals surface area (Å²) in [5.41, 5.74) is 1.88. The van der Waals surface area contributed by atoms with E-state index in [0.717, 1.165) is 5.65 Å². The van der Waals surface area contributed by atoms with Crippen molar-refractivity contribution in [2.24, 2.45) is 7.05 Å². The van der Waals surface area contributed by atoms with Gasteiger partial charge in [-0.3, -0.25) is 9.72 Å². The first kappa shape index (κ1) is 15.0. The highest BCUT2D eigenvalue weighted by molar-refractivity contribution is 5.96. The standard InChI is InChI=1S/C15H15N9O/c1-22(9-11-20-19-10-5-3-4-8-24(10)11)15(25)18-13-12-14(23(2)21-13)17-7-6-16-12/h3-8H,9H2,1-2H3,(H,18,21,25). The highest BCUT2D eigenvalue weighted by Gasteiger charge is 2.17. The Morgan fingerprint density at radius 2 is 2.08 bits per heavy atom. The van der Waals surface area contributed by atoms with Crippen molar-refractivity contribution in [2.45, 2.75) is 6.54 Å². The van der Waals surface area contributed by atoms with Crippen LogP contribution in [0.1, 0.15) is 5.82 Å². The molecule has 1 N–H and O–H groups in total. The number of carbonyl (C=O) groups excluding carboxylic acids is 1. The largest absolute Gasteiger partial charge is 0.323 e. The van der Waals surface area contributed by atoms with Gasteiger partial charge in [0.2, 0.25) is 0 Å². The van der Waals surface area contributed by atoms with Crippen molar-refractivity contribution in [3.8, 4) is 0 Å². The maximum absolute atomic E-state index is 12.5. The predicted octanol–water partition coefficient (Wildman–Crippen LogP) is 1.07. The minimum absolute atomic E-state index is 0.299. The summed E-state index contributed by atoms with van der Waals surface area (Å²) in [5.74, 6) is 1.03. The first-order valence-corrected chi connectivity index (χ1v) is 7.58. The maximum Gasteiger partial charge on any atom is 0.323 e. The summed E-state index contributed by atoms with van der Waals surface area (Å²) in [5, 5.41) is 15.2. The second kappa shape index (κ2) is 5.82. The van der Waals surface area contributed by atoms with Crippen molar-refractivity contribution >= 4 is 28.7 Å². The molecule has 4 rings (SSSR count). The number of amides is 2. The number of pyridine rings is 1. The molecule has 10 heteroatoms. The predicted molar refractivity (Wildman–Crippen MR) is 89.8 cm³/mol. The van der Waals surface area contributed by atoms with Crippen LogP contribution in [0, 0.1) is 0 Å². The molecule has 2 amide bonds. The SMILES string of the molecule is CN(Cc1nnc2ccccn12)C(=O)Nc1nn(C)c2nccnc12. The quantitative estimate of drug-likeness (QED) is 0.599. The van der Waals surface area contributed by atoms with Crippen molar-refractivity contribution in [3.63, 3.8) is 0 Å². The lowest BCUT2D eigenvalue weighted by Crippen LogP contribution is -2.31. The first-order valence-electron chi connectivity index (χ1n) is 7.58. The molecule has 0 unspecified atom stereocenters. The fourth-order valence-corrected chi connectivity index (χ4v) is 2.54. The van der Waals surface area contributed by atoms with Crippen LogP contribution in [0.25, 0.3) is 16.8 Å². The molecular formula is C15H15N9O. The van der Waals surface area contributed by atoms with E-state index in [1.807, 2.05) is 28.8 Å². The minimum Gasteiger partial charge on any atom is -0.320 e. The molecule has 10 nitrogen and oxygen atoms in total. The third-order valence-electron chi connectivity index (χ3n) is 3.79. The average molecular weight is 337 g/mol. The van der Waals surface area contributed by atoms with Crippen molar-refractivity contribution in [2.75, 3.05) is 12.4 Å². The van der Waals surface area contributed by atoms with Crippen molar-refractivity contribution in [1.29, 1.82) is 0 Å². The number of rotatable bonds is 3. The number of fused-ring (bicyclic) bond motifs is 2. The van der Waals surface area contributed by atoms with Crippen LogP contribution in [0.3, 0.4) is 0 Å². The monoisotopic (exact) mass is 337 g/mol. The summed E-state index contributed by atoms with van der Waals surface area (Å²) in [6.07, 6.45) is 5.00. The summed E-state index contributed by atoms with van der Waals surface area (Å²) < 4.78 is 3.41. The number of carbonyl (C=O) groups is 1. The van der Waals surface area contributed by atoms with E-state index in [9.17, 15) is 4.79 Å². The molecule has 0 aliphatic rings. The van der Waals surface area contributed by atoms with Crippen molar-refractivity contribution < 1.29 is 4.79 Å². The van der Waals surface area contributed by atoms with Gasteiger partial charge in [0.1, 0.15) is 0 Å². The number of aryl methyl sites for hydroxylation is 1. The van der Waals surface area contributed by atoms with Crippen molar-refractivity contribution in [3.05, 3.63) is 42.6 Å². The first-order chi connectivity index (χ1) is 12.1. The smallest absolute Gasteiger partial charge is 0.320 e. The van der Waals surface area contributed by atoms with E-state index >= 15 is 0 Å². The van der Waals surface area contributed by atoms with E-state index in [2.05, 4.69) is 30.6 Å². The van der Waals surface area contributed by atoms with E-state index in [-0.39, 0.29) is 6.03 Å². The molecule has 0 bridgehead atoms. The fraction of sp³-hybridized carbons (Fsp3) is 0.200. The Bertz CT molecular complexity index is 1070. The molecule has 0 aliphatic heterocycles. The van der Waals surface area contributed by atoms with Gasteiger partial charge in [-0.1, -0.05) is 6.07 Å². The Balaban J connectivity index is 1.54. The molecule has 0 aliphatic carbocycles. The third-order valence-corrected chi connectivity index (χ3v) is 3.79. The number of hydrogen-bond donors (Lipinski definition) is 1. The Kier molecular flexibility index (Phi) is 3.49. The van der Waals surface area contributed by atoms with Gasteiger partial charge in [0.15, 0.2) is 28.5 Å². The lowest BCUT2D eigenvalue weighted by atomic mass is 10.4. The van der Waals surface area contributed by atoms with E-state index in [0.29, 0.717) is 29.4 Å². The summed E-state index contributed by atoms with van der Waals surface area (Å²) in [4.78, 5) is 22.4. The molecule has 4 aromatic heterocycles. The zero-order valence-electron chi connectivity index (χ0n) is 13.7. The van der Waals surface area contributed by atoms with Gasteiger partial charge in [0.25, 0.3) is 0 Å². The Morgan fingerprint density at radius 3 is 2.96 bits per heavy atom. The van der Waals surface area contributed by atoms with E-state index in [1.165, 1.54) is 4.90 Å². The number of aromatic nitrogens is 7. The van der Waals surface area contributed by atoms with Crippen LogP contribution in [0.5, 0.6) is 0 Å². The number of hydrogen-bond acceptors (Lipinski definition) is 6. The molecule has 4 aromatic rings. The molecule has 126 valence electrons. The number of nitrogens with one attached hydrogen (secondary N) is 1. The Hall–Kier alpha value is -3.56. The lowest BCUT2D eigenvalue weighted by Gasteiger charge is -2.16. The molecule has 0 fully saturated rings. The summed E-state index contributed by atoms with van der Waals surface area (Å²) in [6, 6.07) is 5.31. The van der Waals surface area contributed by atoms with E-state index < -0.39 is 0 Å². The number of nitrogens with zero attached hydrogens (tertiary/aromatic N) is 8. The van der Waals surface area contributed by atoms with Crippen LogP contribution in [0.15, 0.2) is 36.8 Å². The van der Waals surface area contributed by atoms with Crippen LogP contribution in [0.4, 0.5) is 10.6 Å². The second-order valence-corrected chi connectivity index (χ2v) is 5.53. The Labute approximate surface area is 142 Å². The molecule has 0 atom stereocenters. The van der Waals surface area contributed by atoms with Crippen LogP contribution in [-0.2, 0) is 13.6 Å². The van der Waals surface area contributed by atoms with Crippen LogP contribution in [0.2, 0.25) is 0 Å². The minimum atomic E-state index is -0.321. The van der Waals surface area contributed by atoms with Crippen LogP contribution < -0.4 is 5.32 Å². The molecule has 0 saturated carbocycles. The van der Waals surface area contributed by atoms with Crippen LogP contribution in [-0.4, -0.2) is 52.3 Å².